The van der Waals surface area contributed by atoms with Crippen LogP contribution in [0.1, 0.15) is 54.7 Å². The fraction of sp³-hybridized carbons (Fsp3) is 0.400. The third-order valence-electron chi connectivity index (χ3n) is 6.88. The Balaban J connectivity index is 1.20. The van der Waals surface area contributed by atoms with E-state index in [0.29, 0.717) is 0 Å². The number of carbonyl (C=O) groups is 1. The van der Waals surface area contributed by atoms with Crippen LogP contribution >= 0.6 is 0 Å². The molecule has 6 heteroatoms. The predicted octanol–water partition coefficient (Wildman–Crippen LogP) is 6.42. The summed E-state index contributed by atoms with van der Waals surface area (Å²) in [6, 6.07) is 11.5. The minimum Gasteiger partial charge on any atom is -0.490 e. The highest BCUT2D eigenvalue weighted by Crippen LogP contribution is 2.47. The molecule has 3 nitrogen and oxygen atoms in total. The Labute approximate surface area is 178 Å². The number of aryl methyl sites for hydroxylation is 1. The van der Waals surface area contributed by atoms with E-state index in [1.54, 1.807) is 12.1 Å². The third kappa shape index (κ3) is 4.08. The molecule has 0 aliphatic heterocycles. The normalized spacial score (nSPS) is 22.2. The predicted molar refractivity (Wildman–Crippen MR) is 112 cm³/mol. The van der Waals surface area contributed by atoms with Crippen molar-refractivity contribution in [2.45, 2.75) is 56.7 Å². The van der Waals surface area contributed by atoms with Crippen molar-refractivity contribution in [3.63, 3.8) is 0 Å². The molecule has 2 aliphatic rings. The second-order valence-corrected chi connectivity index (χ2v) is 9.03. The van der Waals surface area contributed by atoms with E-state index in [4.69, 9.17) is 4.74 Å². The maximum atomic E-state index is 12.7. The Morgan fingerprint density at radius 2 is 1.84 bits per heavy atom. The summed E-state index contributed by atoms with van der Waals surface area (Å²) in [4.78, 5) is 14.5. The highest BCUT2D eigenvalue weighted by molar-refractivity contribution is 5.84. The third-order valence-corrected chi connectivity index (χ3v) is 6.88. The number of aromatic nitrogens is 1. The molecule has 0 unspecified atom stereocenters. The van der Waals surface area contributed by atoms with Gasteiger partial charge in [0.2, 0.25) is 0 Å². The Morgan fingerprint density at radius 1 is 1.10 bits per heavy atom. The molecule has 0 saturated heterocycles. The molecule has 0 spiro atoms. The van der Waals surface area contributed by atoms with Crippen LogP contribution in [0.15, 0.2) is 48.7 Å². The molecule has 31 heavy (non-hydrogen) atoms. The van der Waals surface area contributed by atoms with Gasteiger partial charge in [-0.2, -0.15) is 13.2 Å². The lowest BCUT2D eigenvalue weighted by atomic mass is 9.77. The molecule has 162 valence electrons. The van der Waals surface area contributed by atoms with Gasteiger partial charge in [0.05, 0.1) is 11.7 Å². The van der Waals surface area contributed by atoms with Gasteiger partial charge in [-0.1, -0.05) is 12.1 Å². The summed E-state index contributed by atoms with van der Waals surface area (Å²) >= 11 is 0. The van der Waals surface area contributed by atoms with Crippen LogP contribution in [-0.2, 0) is 17.4 Å². The average molecular weight is 427 g/mol. The molecule has 1 aromatic heterocycles. The number of ether oxygens (including phenoxy) is 1. The minimum absolute atomic E-state index is 0.0666. The molecule has 1 heterocycles. The fourth-order valence-electron chi connectivity index (χ4n) is 4.48. The van der Waals surface area contributed by atoms with Crippen LogP contribution in [0, 0.1) is 5.41 Å². The Bertz CT molecular complexity index is 1090. The summed E-state index contributed by atoms with van der Waals surface area (Å²) in [7, 11) is 0. The molecule has 0 bridgehead atoms. The van der Waals surface area contributed by atoms with E-state index in [-0.39, 0.29) is 17.4 Å². The van der Waals surface area contributed by atoms with Crippen molar-refractivity contribution in [1.29, 1.82) is 0 Å². The lowest BCUT2D eigenvalue weighted by Crippen LogP contribution is -2.32. The summed E-state index contributed by atoms with van der Waals surface area (Å²) in [5.74, 6) is 1.04. The van der Waals surface area contributed by atoms with Crippen LogP contribution in [0.25, 0.3) is 10.9 Å². The van der Waals surface area contributed by atoms with Crippen LogP contribution in [0.3, 0.4) is 0 Å². The molecule has 0 radical (unpaired) electrons. The molecule has 5 rings (SSSR count). The number of hydrogen-bond acceptors (Lipinski definition) is 2. The summed E-state index contributed by atoms with van der Waals surface area (Å²) in [6.45, 7) is 0. The first-order chi connectivity index (χ1) is 14.9. The van der Waals surface area contributed by atoms with Gasteiger partial charge in [0, 0.05) is 22.5 Å². The molecule has 0 atom stereocenters. The zero-order valence-electron chi connectivity index (χ0n) is 17.0. The van der Waals surface area contributed by atoms with Crippen molar-refractivity contribution in [2.75, 3.05) is 0 Å². The number of fused-ring (bicyclic) bond motifs is 1. The summed E-state index contributed by atoms with van der Waals surface area (Å²) in [5, 5.41) is 1.12. The van der Waals surface area contributed by atoms with Crippen LogP contribution in [0.5, 0.6) is 5.75 Å². The van der Waals surface area contributed by atoms with Gasteiger partial charge in [-0.25, -0.2) is 0 Å². The second-order valence-electron chi connectivity index (χ2n) is 9.03. The summed E-state index contributed by atoms with van der Waals surface area (Å²) < 4.78 is 44.3. The van der Waals surface area contributed by atoms with E-state index < -0.39 is 11.7 Å². The Kier molecular flexibility index (Phi) is 4.83. The molecule has 2 saturated carbocycles. The lowest BCUT2D eigenvalue weighted by molar-refractivity contribution is -0.137. The Morgan fingerprint density at radius 3 is 2.48 bits per heavy atom. The number of benzene rings is 2. The van der Waals surface area contributed by atoms with Gasteiger partial charge in [-0.05, 0) is 85.9 Å². The topological polar surface area (TPSA) is 42.1 Å². The van der Waals surface area contributed by atoms with Gasteiger partial charge >= 0.3 is 6.18 Å². The van der Waals surface area contributed by atoms with Gasteiger partial charge in [-0.3, -0.25) is 0 Å². The van der Waals surface area contributed by atoms with Crippen LogP contribution in [-0.4, -0.2) is 17.4 Å². The molecule has 1 N–H and O–H groups in total. The maximum absolute atomic E-state index is 12.7. The molecular formula is C25H24F3NO2. The number of H-pyrrole nitrogens is 1. The number of hydrogen-bond donors (Lipinski definition) is 1. The first-order valence-corrected chi connectivity index (χ1v) is 10.8. The smallest absolute Gasteiger partial charge is 0.416 e. The number of aromatic amines is 1. The second kappa shape index (κ2) is 7.43. The van der Waals surface area contributed by atoms with Crippen LogP contribution < -0.4 is 4.74 Å². The van der Waals surface area contributed by atoms with Gasteiger partial charge in [0.15, 0.2) is 0 Å². The highest BCUT2D eigenvalue weighted by atomic mass is 19.4. The first-order valence-electron chi connectivity index (χ1n) is 10.8. The number of carbonyl (C=O) groups excluding carboxylic acids is 1. The largest absolute Gasteiger partial charge is 0.490 e. The average Bonchev–Trinajstić information content (AvgIpc) is 3.40. The molecule has 2 fully saturated rings. The van der Waals surface area contributed by atoms with Crippen LogP contribution in [0.4, 0.5) is 13.2 Å². The van der Waals surface area contributed by atoms with Crippen molar-refractivity contribution in [1.82, 2.24) is 4.98 Å². The zero-order valence-corrected chi connectivity index (χ0v) is 17.0. The summed E-state index contributed by atoms with van der Waals surface area (Å²) in [6.07, 6.45) is 4.22. The lowest BCUT2D eigenvalue weighted by Gasteiger charge is -2.35. The molecule has 3 aromatic rings. The first kappa shape index (κ1) is 20.2. The standard InChI is InChI=1S/C25H24F3NO2/c26-25(27,28)19-3-1-16(2-4-19)18-11-21(12-18)31-20-5-6-23-22(13-20)17(14-29-23)7-8-24(15-30)9-10-24/h1-6,13-15,18,21,29H,7-12H2. The van der Waals surface area contributed by atoms with Gasteiger partial charge in [0.1, 0.15) is 12.0 Å². The highest BCUT2D eigenvalue weighted by Gasteiger charge is 2.41. The molecule has 2 aliphatic carbocycles. The zero-order chi connectivity index (χ0) is 21.6. The summed E-state index contributed by atoms with van der Waals surface area (Å²) in [5.41, 5.74) is 2.47. The van der Waals surface area contributed by atoms with E-state index in [1.165, 1.54) is 5.56 Å². The van der Waals surface area contributed by atoms with Crippen molar-refractivity contribution >= 4 is 17.2 Å². The van der Waals surface area contributed by atoms with Gasteiger partial charge in [-0.15, -0.1) is 0 Å². The fourth-order valence-corrected chi connectivity index (χ4v) is 4.48. The van der Waals surface area contributed by atoms with Crippen molar-refractivity contribution in [3.8, 4) is 5.75 Å². The quantitative estimate of drug-likeness (QED) is 0.442. The van der Waals surface area contributed by atoms with E-state index in [1.807, 2.05) is 24.4 Å². The van der Waals surface area contributed by atoms with E-state index in [2.05, 4.69) is 4.98 Å². The maximum Gasteiger partial charge on any atom is 0.416 e. The van der Waals surface area contributed by atoms with E-state index in [0.717, 1.165) is 79.2 Å². The van der Waals surface area contributed by atoms with Crippen molar-refractivity contribution in [2.24, 2.45) is 5.41 Å². The van der Waals surface area contributed by atoms with Crippen molar-refractivity contribution in [3.05, 3.63) is 65.4 Å². The van der Waals surface area contributed by atoms with Crippen molar-refractivity contribution < 1.29 is 22.7 Å². The van der Waals surface area contributed by atoms with Gasteiger partial charge < -0.3 is 14.5 Å². The number of alkyl halides is 3. The SMILES string of the molecule is O=CC1(CCc2c[nH]c3ccc(OC4CC(c5ccc(C(F)(F)F)cc5)C4)cc23)CC1. The van der Waals surface area contributed by atoms with Crippen LogP contribution in [0.2, 0.25) is 0 Å². The van der Waals surface area contributed by atoms with Gasteiger partial charge in [0.25, 0.3) is 0 Å². The molecular weight excluding hydrogens is 403 g/mol. The minimum atomic E-state index is -4.30. The Hall–Kier alpha value is -2.76. The molecule has 2 aromatic carbocycles. The number of halogens is 3. The molecule has 0 amide bonds. The number of rotatable bonds is 7. The number of aldehydes is 1. The van der Waals surface area contributed by atoms with E-state index in [9.17, 15) is 18.0 Å². The van der Waals surface area contributed by atoms with E-state index >= 15 is 0 Å². The number of nitrogens with one attached hydrogen (secondary N) is 1. The monoisotopic (exact) mass is 427 g/mol.